The van der Waals surface area contributed by atoms with Crippen molar-refractivity contribution in [2.75, 3.05) is 0 Å². The number of nitrogen functional groups attached to an aromatic ring is 1. The SMILES string of the molecule is Cc1ccc(Oc2ccc(C(=N)N)c(Cl)c2)cc1. The quantitative estimate of drug-likeness (QED) is 0.653. The molecule has 0 aliphatic rings. The summed E-state index contributed by atoms with van der Waals surface area (Å²) in [6.45, 7) is 2.02. The number of hydrogen-bond acceptors (Lipinski definition) is 2. The van der Waals surface area contributed by atoms with Crippen molar-refractivity contribution < 1.29 is 4.74 Å². The van der Waals surface area contributed by atoms with Crippen LogP contribution in [0.2, 0.25) is 5.02 Å². The maximum absolute atomic E-state index is 7.34. The van der Waals surface area contributed by atoms with Gasteiger partial charge in [-0.2, -0.15) is 0 Å². The lowest BCUT2D eigenvalue weighted by atomic mass is 10.2. The first-order valence-corrected chi connectivity index (χ1v) is 5.82. The molecule has 2 rings (SSSR count). The minimum atomic E-state index is -0.0538. The average molecular weight is 261 g/mol. The Labute approximate surface area is 111 Å². The van der Waals surface area contributed by atoms with E-state index in [0.29, 0.717) is 16.3 Å². The van der Waals surface area contributed by atoms with Crippen molar-refractivity contribution in [3.05, 3.63) is 58.6 Å². The second kappa shape index (κ2) is 5.10. The van der Waals surface area contributed by atoms with Gasteiger partial charge in [0.2, 0.25) is 0 Å². The second-order valence-corrected chi connectivity index (χ2v) is 4.38. The molecule has 0 bridgehead atoms. The summed E-state index contributed by atoms with van der Waals surface area (Å²) in [6.07, 6.45) is 0. The molecule has 4 heteroatoms. The Bertz CT molecular complexity index is 579. The molecule has 0 amide bonds. The molecule has 0 atom stereocenters. The molecule has 0 unspecified atom stereocenters. The predicted molar refractivity (Wildman–Crippen MR) is 73.7 cm³/mol. The number of aryl methyl sites for hydroxylation is 1. The summed E-state index contributed by atoms with van der Waals surface area (Å²) in [6, 6.07) is 12.8. The van der Waals surface area contributed by atoms with E-state index in [4.69, 9.17) is 27.5 Å². The van der Waals surface area contributed by atoms with Crippen LogP contribution >= 0.6 is 11.6 Å². The lowest BCUT2D eigenvalue weighted by Gasteiger charge is -2.08. The van der Waals surface area contributed by atoms with Gasteiger partial charge in [0.1, 0.15) is 17.3 Å². The number of halogens is 1. The van der Waals surface area contributed by atoms with Gasteiger partial charge in [0, 0.05) is 11.6 Å². The fourth-order valence-corrected chi connectivity index (χ4v) is 1.79. The largest absolute Gasteiger partial charge is 0.457 e. The lowest BCUT2D eigenvalue weighted by molar-refractivity contribution is 0.482. The average Bonchev–Trinajstić information content (AvgIpc) is 2.32. The van der Waals surface area contributed by atoms with E-state index >= 15 is 0 Å². The zero-order chi connectivity index (χ0) is 13.1. The molecular formula is C14H13ClN2O. The van der Waals surface area contributed by atoms with Crippen LogP contribution < -0.4 is 10.5 Å². The summed E-state index contributed by atoms with van der Waals surface area (Å²) in [4.78, 5) is 0. The Morgan fingerprint density at radius 2 is 1.72 bits per heavy atom. The zero-order valence-corrected chi connectivity index (χ0v) is 10.7. The standard InChI is InChI=1S/C14H13ClN2O/c1-9-2-4-10(5-3-9)18-11-6-7-12(14(16)17)13(15)8-11/h2-8H,1H3,(H3,16,17). The minimum absolute atomic E-state index is 0.0538. The van der Waals surface area contributed by atoms with Gasteiger partial charge in [0.05, 0.1) is 5.02 Å². The van der Waals surface area contributed by atoms with Crippen LogP contribution in [0, 0.1) is 12.3 Å². The molecule has 0 spiro atoms. The van der Waals surface area contributed by atoms with Gasteiger partial charge in [0.15, 0.2) is 0 Å². The van der Waals surface area contributed by atoms with Crippen molar-refractivity contribution in [3.8, 4) is 11.5 Å². The van der Waals surface area contributed by atoms with Gasteiger partial charge in [0.25, 0.3) is 0 Å². The van der Waals surface area contributed by atoms with Crippen LogP contribution in [0.4, 0.5) is 0 Å². The maximum atomic E-state index is 7.34. The number of amidine groups is 1. The number of ether oxygens (including phenoxy) is 1. The summed E-state index contributed by atoms with van der Waals surface area (Å²) in [5.74, 6) is 1.31. The van der Waals surface area contributed by atoms with E-state index in [2.05, 4.69) is 0 Å². The topological polar surface area (TPSA) is 59.1 Å². The number of nitrogens with one attached hydrogen (secondary N) is 1. The van der Waals surface area contributed by atoms with E-state index in [0.717, 1.165) is 5.75 Å². The summed E-state index contributed by atoms with van der Waals surface area (Å²) in [7, 11) is 0. The molecule has 0 heterocycles. The third-order valence-electron chi connectivity index (χ3n) is 2.49. The highest BCUT2D eigenvalue weighted by molar-refractivity contribution is 6.34. The van der Waals surface area contributed by atoms with Crippen LogP contribution in [-0.4, -0.2) is 5.84 Å². The van der Waals surface area contributed by atoms with Crippen molar-refractivity contribution in [1.82, 2.24) is 0 Å². The van der Waals surface area contributed by atoms with E-state index < -0.39 is 0 Å². The van der Waals surface area contributed by atoms with Crippen LogP contribution in [0.5, 0.6) is 11.5 Å². The molecule has 0 saturated carbocycles. The molecule has 0 radical (unpaired) electrons. The van der Waals surface area contributed by atoms with E-state index in [1.54, 1.807) is 18.2 Å². The molecule has 0 aliphatic heterocycles. The molecule has 2 aromatic rings. The summed E-state index contributed by atoms with van der Waals surface area (Å²) in [5.41, 5.74) is 7.07. The number of hydrogen-bond donors (Lipinski definition) is 2. The number of benzene rings is 2. The first-order valence-electron chi connectivity index (χ1n) is 5.45. The van der Waals surface area contributed by atoms with Crippen molar-refractivity contribution >= 4 is 17.4 Å². The highest BCUT2D eigenvalue weighted by Crippen LogP contribution is 2.26. The predicted octanol–water partition coefficient (Wildman–Crippen LogP) is 3.72. The Morgan fingerprint density at radius 1 is 1.11 bits per heavy atom. The maximum Gasteiger partial charge on any atom is 0.128 e. The van der Waals surface area contributed by atoms with E-state index in [1.165, 1.54) is 5.56 Å². The van der Waals surface area contributed by atoms with E-state index in [-0.39, 0.29) is 5.84 Å². The molecule has 3 nitrogen and oxygen atoms in total. The number of nitrogens with two attached hydrogens (primary N) is 1. The van der Waals surface area contributed by atoms with Crippen LogP contribution in [0.15, 0.2) is 42.5 Å². The van der Waals surface area contributed by atoms with Crippen molar-refractivity contribution in [1.29, 1.82) is 5.41 Å². The van der Waals surface area contributed by atoms with Gasteiger partial charge in [-0.25, -0.2) is 0 Å². The first-order chi connectivity index (χ1) is 8.56. The molecule has 18 heavy (non-hydrogen) atoms. The van der Waals surface area contributed by atoms with Crippen LogP contribution in [0.1, 0.15) is 11.1 Å². The highest BCUT2D eigenvalue weighted by atomic mass is 35.5. The van der Waals surface area contributed by atoms with Crippen LogP contribution in [0.3, 0.4) is 0 Å². The van der Waals surface area contributed by atoms with Crippen molar-refractivity contribution in [3.63, 3.8) is 0 Å². The fraction of sp³-hybridized carbons (Fsp3) is 0.0714. The Kier molecular flexibility index (Phi) is 3.53. The number of rotatable bonds is 3. The van der Waals surface area contributed by atoms with E-state index in [9.17, 15) is 0 Å². The van der Waals surface area contributed by atoms with Gasteiger partial charge >= 0.3 is 0 Å². The molecule has 92 valence electrons. The Morgan fingerprint density at radius 3 is 2.28 bits per heavy atom. The minimum Gasteiger partial charge on any atom is -0.457 e. The normalized spacial score (nSPS) is 10.1. The summed E-state index contributed by atoms with van der Waals surface area (Å²) < 4.78 is 5.65. The van der Waals surface area contributed by atoms with Gasteiger partial charge in [-0.15, -0.1) is 0 Å². The summed E-state index contributed by atoms with van der Waals surface area (Å²) in [5, 5.41) is 7.75. The fourth-order valence-electron chi connectivity index (χ4n) is 1.52. The third-order valence-corrected chi connectivity index (χ3v) is 2.80. The highest BCUT2D eigenvalue weighted by Gasteiger charge is 2.05. The zero-order valence-electron chi connectivity index (χ0n) is 9.91. The van der Waals surface area contributed by atoms with Crippen molar-refractivity contribution in [2.24, 2.45) is 5.73 Å². The molecule has 3 N–H and O–H groups in total. The van der Waals surface area contributed by atoms with Gasteiger partial charge in [-0.3, -0.25) is 5.41 Å². The smallest absolute Gasteiger partial charge is 0.128 e. The van der Waals surface area contributed by atoms with Gasteiger partial charge in [-0.1, -0.05) is 29.3 Å². The molecular weight excluding hydrogens is 248 g/mol. The third kappa shape index (κ3) is 2.81. The molecule has 0 aromatic heterocycles. The van der Waals surface area contributed by atoms with Crippen molar-refractivity contribution in [2.45, 2.75) is 6.92 Å². The molecule has 0 aliphatic carbocycles. The second-order valence-electron chi connectivity index (χ2n) is 3.97. The molecule has 2 aromatic carbocycles. The van der Waals surface area contributed by atoms with Crippen LogP contribution in [0.25, 0.3) is 0 Å². The Hall–Kier alpha value is -2.00. The molecule has 0 fully saturated rings. The van der Waals surface area contributed by atoms with E-state index in [1.807, 2.05) is 31.2 Å². The van der Waals surface area contributed by atoms with Gasteiger partial charge < -0.3 is 10.5 Å². The van der Waals surface area contributed by atoms with Gasteiger partial charge in [-0.05, 0) is 31.2 Å². The first kappa shape index (κ1) is 12.5. The monoisotopic (exact) mass is 260 g/mol. The summed E-state index contributed by atoms with van der Waals surface area (Å²) >= 11 is 6.02. The van der Waals surface area contributed by atoms with Crippen LogP contribution in [-0.2, 0) is 0 Å². The molecule has 0 saturated heterocycles. The Balaban J connectivity index is 2.22. The lowest BCUT2D eigenvalue weighted by Crippen LogP contribution is -2.11.